The van der Waals surface area contributed by atoms with Gasteiger partial charge in [-0.1, -0.05) is 12.1 Å². The van der Waals surface area contributed by atoms with Crippen molar-refractivity contribution in [3.63, 3.8) is 0 Å². The van der Waals surface area contributed by atoms with Gasteiger partial charge in [0.2, 0.25) is 0 Å². The average Bonchev–Trinajstić information content (AvgIpc) is 2.59. The van der Waals surface area contributed by atoms with Gasteiger partial charge in [-0.15, -0.1) is 6.58 Å². The van der Waals surface area contributed by atoms with Gasteiger partial charge in [0.1, 0.15) is 17.4 Å². The summed E-state index contributed by atoms with van der Waals surface area (Å²) >= 11 is 0. The van der Waals surface area contributed by atoms with Crippen LogP contribution in [-0.4, -0.2) is 14.2 Å². The Morgan fingerprint density at radius 3 is 2.71 bits per heavy atom. The van der Waals surface area contributed by atoms with Gasteiger partial charge >= 0.3 is 0 Å². The molecule has 0 saturated carbocycles. The molecular weight excluding hydrogens is 307 g/mol. The lowest BCUT2D eigenvalue weighted by atomic mass is 10.0. The first-order valence-electron chi connectivity index (χ1n) is 7.41. The molecule has 2 rings (SSSR count). The highest BCUT2D eigenvalue weighted by Crippen LogP contribution is 2.33. The molecule has 0 unspecified atom stereocenters. The smallest absolute Gasteiger partial charge is 0.164 e. The number of halogens is 1. The minimum absolute atomic E-state index is 0.00397. The van der Waals surface area contributed by atoms with Crippen molar-refractivity contribution in [1.29, 1.82) is 5.26 Å². The van der Waals surface area contributed by atoms with Gasteiger partial charge in [0.25, 0.3) is 0 Å². The quantitative estimate of drug-likeness (QED) is 0.780. The summed E-state index contributed by atoms with van der Waals surface area (Å²) in [6, 6.07) is 10.2. The third kappa shape index (κ3) is 3.66. The SMILES string of the molecule is C=CCc1cc(CNc2cccc(F)c2C#N)cc(OC)c1OC. The molecule has 1 N–H and O–H groups in total. The van der Waals surface area contributed by atoms with E-state index < -0.39 is 5.82 Å². The minimum Gasteiger partial charge on any atom is -0.493 e. The number of benzene rings is 2. The number of nitriles is 1. The van der Waals surface area contributed by atoms with Gasteiger partial charge in [-0.2, -0.15) is 5.26 Å². The van der Waals surface area contributed by atoms with E-state index in [1.807, 2.05) is 18.2 Å². The average molecular weight is 326 g/mol. The van der Waals surface area contributed by atoms with E-state index in [1.54, 1.807) is 32.4 Å². The summed E-state index contributed by atoms with van der Waals surface area (Å²) < 4.78 is 24.4. The third-order valence-electron chi connectivity index (χ3n) is 3.59. The summed E-state index contributed by atoms with van der Waals surface area (Å²) in [5.74, 6) is 0.750. The molecule has 0 amide bonds. The standard InChI is InChI=1S/C19H19FN2O2/c1-4-6-14-9-13(10-18(23-2)19(14)24-3)12-22-17-8-5-7-16(20)15(17)11-21/h4-5,7-10,22H,1,6,12H2,2-3H3. The van der Waals surface area contributed by atoms with Crippen LogP contribution < -0.4 is 14.8 Å². The number of anilines is 1. The first kappa shape index (κ1) is 17.4. The molecule has 2 aromatic rings. The lowest BCUT2D eigenvalue weighted by molar-refractivity contribution is 0.352. The Morgan fingerprint density at radius 2 is 2.08 bits per heavy atom. The van der Waals surface area contributed by atoms with E-state index in [9.17, 15) is 4.39 Å². The van der Waals surface area contributed by atoms with Gasteiger partial charge < -0.3 is 14.8 Å². The van der Waals surface area contributed by atoms with Crippen molar-refractivity contribution in [2.24, 2.45) is 0 Å². The molecule has 24 heavy (non-hydrogen) atoms. The number of nitrogens with one attached hydrogen (secondary N) is 1. The fourth-order valence-electron chi connectivity index (χ4n) is 2.50. The number of hydrogen-bond acceptors (Lipinski definition) is 4. The van der Waals surface area contributed by atoms with Crippen molar-refractivity contribution < 1.29 is 13.9 Å². The number of rotatable bonds is 7. The van der Waals surface area contributed by atoms with Crippen molar-refractivity contribution in [1.82, 2.24) is 0 Å². The highest BCUT2D eigenvalue weighted by molar-refractivity contribution is 5.58. The lowest BCUT2D eigenvalue weighted by Crippen LogP contribution is -2.05. The fourth-order valence-corrected chi connectivity index (χ4v) is 2.50. The van der Waals surface area contributed by atoms with E-state index in [-0.39, 0.29) is 5.56 Å². The summed E-state index contributed by atoms with van der Waals surface area (Å²) in [4.78, 5) is 0. The van der Waals surface area contributed by atoms with Crippen LogP contribution in [0.1, 0.15) is 16.7 Å². The molecular formula is C19H19FN2O2. The highest BCUT2D eigenvalue weighted by atomic mass is 19.1. The molecule has 0 radical (unpaired) electrons. The molecule has 0 atom stereocenters. The molecule has 124 valence electrons. The predicted molar refractivity (Wildman–Crippen MR) is 91.9 cm³/mol. The van der Waals surface area contributed by atoms with E-state index in [1.165, 1.54) is 6.07 Å². The maximum Gasteiger partial charge on any atom is 0.164 e. The van der Waals surface area contributed by atoms with E-state index in [2.05, 4.69) is 11.9 Å². The highest BCUT2D eigenvalue weighted by Gasteiger charge is 2.12. The van der Waals surface area contributed by atoms with Crippen LogP contribution in [0.3, 0.4) is 0 Å². The molecule has 0 saturated heterocycles. The van der Waals surface area contributed by atoms with E-state index in [0.29, 0.717) is 30.2 Å². The summed E-state index contributed by atoms with van der Waals surface area (Å²) in [5.41, 5.74) is 2.34. The molecule has 0 heterocycles. The van der Waals surface area contributed by atoms with Crippen molar-refractivity contribution in [3.05, 3.63) is 65.5 Å². The normalized spacial score (nSPS) is 9.92. The van der Waals surface area contributed by atoms with Gasteiger partial charge in [-0.25, -0.2) is 4.39 Å². The summed E-state index contributed by atoms with van der Waals surface area (Å²) in [7, 11) is 3.17. The number of allylic oxidation sites excluding steroid dienone is 1. The molecule has 5 heteroatoms. The second kappa shape index (κ2) is 8.02. The Bertz CT molecular complexity index is 782. The third-order valence-corrected chi connectivity index (χ3v) is 3.59. The first-order valence-corrected chi connectivity index (χ1v) is 7.41. The van der Waals surface area contributed by atoms with Crippen molar-refractivity contribution >= 4 is 5.69 Å². The van der Waals surface area contributed by atoms with Crippen molar-refractivity contribution in [2.45, 2.75) is 13.0 Å². The number of methoxy groups -OCH3 is 2. The fraction of sp³-hybridized carbons (Fsp3) is 0.211. The predicted octanol–water partition coefficient (Wildman–Crippen LogP) is 4.06. The van der Waals surface area contributed by atoms with Gasteiger partial charge in [-0.3, -0.25) is 0 Å². The molecule has 0 aliphatic carbocycles. The zero-order valence-electron chi connectivity index (χ0n) is 13.7. The molecule has 0 aliphatic heterocycles. The van der Waals surface area contributed by atoms with Crippen LogP contribution in [0.2, 0.25) is 0 Å². The van der Waals surface area contributed by atoms with E-state index in [0.717, 1.165) is 11.1 Å². The van der Waals surface area contributed by atoms with Crippen LogP contribution in [0.4, 0.5) is 10.1 Å². The van der Waals surface area contributed by atoms with Gasteiger partial charge in [0, 0.05) is 12.1 Å². The monoisotopic (exact) mass is 326 g/mol. The van der Waals surface area contributed by atoms with Crippen LogP contribution in [-0.2, 0) is 13.0 Å². The number of hydrogen-bond donors (Lipinski definition) is 1. The number of ether oxygens (including phenoxy) is 2. The van der Waals surface area contributed by atoms with Crippen LogP contribution >= 0.6 is 0 Å². The summed E-state index contributed by atoms with van der Waals surface area (Å²) in [6.45, 7) is 4.17. The summed E-state index contributed by atoms with van der Waals surface area (Å²) in [6.07, 6.45) is 2.42. The van der Waals surface area contributed by atoms with Gasteiger partial charge in [0.05, 0.1) is 19.9 Å². The maximum atomic E-state index is 13.6. The molecule has 2 aromatic carbocycles. The Morgan fingerprint density at radius 1 is 1.29 bits per heavy atom. The molecule has 0 bridgehead atoms. The molecule has 0 fully saturated rings. The summed E-state index contributed by atoms with van der Waals surface area (Å²) in [5, 5.41) is 12.2. The topological polar surface area (TPSA) is 54.3 Å². The van der Waals surface area contributed by atoms with Gasteiger partial charge in [-0.05, 0) is 36.2 Å². The van der Waals surface area contributed by atoms with Crippen LogP contribution in [0.5, 0.6) is 11.5 Å². The van der Waals surface area contributed by atoms with Crippen LogP contribution in [0.15, 0.2) is 43.0 Å². The van der Waals surface area contributed by atoms with Gasteiger partial charge in [0.15, 0.2) is 11.5 Å². The van der Waals surface area contributed by atoms with E-state index in [4.69, 9.17) is 14.7 Å². The zero-order chi connectivity index (χ0) is 17.5. The Balaban J connectivity index is 2.30. The Hall–Kier alpha value is -3.00. The largest absolute Gasteiger partial charge is 0.493 e. The second-order valence-corrected chi connectivity index (χ2v) is 5.11. The van der Waals surface area contributed by atoms with E-state index >= 15 is 0 Å². The zero-order valence-corrected chi connectivity index (χ0v) is 13.7. The Labute approximate surface area is 141 Å². The molecule has 0 spiro atoms. The Kier molecular flexibility index (Phi) is 5.80. The van der Waals surface area contributed by atoms with Crippen LogP contribution in [0.25, 0.3) is 0 Å². The van der Waals surface area contributed by atoms with Crippen molar-refractivity contribution in [2.75, 3.05) is 19.5 Å². The minimum atomic E-state index is -0.540. The van der Waals surface area contributed by atoms with Crippen LogP contribution in [0, 0.1) is 17.1 Å². The first-order chi connectivity index (χ1) is 11.6. The molecule has 0 aliphatic rings. The van der Waals surface area contributed by atoms with Crippen molar-refractivity contribution in [3.8, 4) is 17.6 Å². The molecule has 0 aromatic heterocycles. The maximum absolute atomic E-state index is 13.6. The number of nitrogens with zero attached hydrogens (tertiary/aromatic N) is 1. The molecule has 4 nitrogen and oxygen atoms in total. The lowest BCUT2D eigenvalue weighted by Gasteiger charge is -2.15. The second-order valence-electron chi connectivity index (χ2n) is 5.11.